The Balaban J connectivity index is 2.62. The molecule has 3 atom stereocenters. The van der Waals surface area contributed by atoms with Crippen LogP contribution in [0.5, 0.6) is 0 Å². The van der Waals surface area contributed by atoms with Gasteiger partial charge in [0.1, 0.15) is 6.10 Å². The Bertz CT molecular complexity index is 333. The molecule has 0 aromatic carbocycles. The highest BCUT2D eigenvalue weighted by Crippen LogP contribution is 2.22. The molecule has 1 rings (SSSR count). The Morgan fingerprint density at radius 2 is 1.89 bits per heavy atom. The average Bonchev–Trinajstić information content (AvgIpc) is 2.77. The quantitative estimate of drug-likeness (QED) is 0.758. The van der Waals surface area contributed by atoms with Gasteiger partial charge >= 0.3 is 5.97 Å². The van der Waals surface area contributed by atoms with E-state index in [1.165, 1.54) is 0 Å². The van der Waals surface area contributed by atoms with Crippen LogP contribution in [0.25, 0.3) is 0 Å². The van der Waals surface area contributed by atoms with Gasteiger partial charge in [0.05, 0.1) is 0 Å². The molecule has 0 aromatic rings. The molecule has 1 aliphatic heterocycles. The smallest absolute Gasteiger partial charge is 0.332 e. The van der Waals surface area contributed by atoms with Crippen LogP contribution >= 0.6 is 0 Å². The van der Waals surface area contributed by atoms with Gasteiger partial charge in [-0.2, -0.15) is 0 Å². The molecule has 19 heavy (non-hydrogen) atoms. The van der Waals surface area contributed by atoms with Crippen molar-refractivity contribution >= 4 is 11.9 Å². The fraction of sp³-hybridized carbons (Fsp3) is 0.846. The summed E-state index contributed by atoms with van der Waals surface area (Å²) in [4.78, 5) is 27.0. The van der Waals surface area contributed by atoms with E-state index in [1.807, 2.05) is 32.8 Å². The molecule has 0 aromatic heterocycles. The predicted molar refractivity (Wildman–Crippen MR) is 70.9 cm³/mol. The summed E-state index contributed by atoms with van der Waals surface area (Å²) >= 11 is 0. The van der Waals surface area contributed by atoms with Crippen molar-refractivity contribution in [1.82, 2.24) is 9.80 Å². The van der Waals surface area contributed by atoms with Crippen molar-refractivity contribution < 1.29 is 19.4 Å². The number of carboxylic acids is 1. The van der Waals surface area contributed by atoms with Crippen LogP contribution in [-0.2, 0) is 14.3 Å². The van der Waals surface area contributed by atoms with Crippen LogP contribution < -0.4 is 0 Å². The topological polar surface area (TPSA) is 70.1 Å². The number of hydrogen-bond donors (Lipinski definition) is 1. The minimum Gasteiger partial charge on any atom is -0.479 e. The number of carbonyl (C=O) groups excluding carboxylic acids is 1. The fourth-order valence-electron chi connectivity index (χ4n) is 2.50. The molecule has 6 nitrogen and oxygen atoms in total. The number of ether oxygens (including phenoxy) is 1. The molecule has 6 heteroatoms. The molecule has 1 amide bonds. The lowest BCUT2D eigenvalue weighted by Crippen LogP contribution is -2.48. The van der Waals surface area contributed by atoms with Gasteiger partial charge in [0.25, 0.3) is 5.91 Å². The molecule has 1 heterocycles. The van der Waals surface area contributed by atoms with Gasteiger partial charge in [0.15, 0.2) is 6.10 Å². The van der Waals surface area contributed by atoms with Gasteiger partial charge in [-0.3, -0.25) is 4.79 Å². The standard InChI is InChI=1S/C13H24N2O4/c1-5-15(9(2)8-14(3)4)12(16)10-6-7-11(19-10)13(17)18/h9-11H,5-8H2,1-4H3,(H,17,18). The van der Waals surface area contributed by atoms with Gasteiger partial charge in [-0.15, -0.1) is 0 Å². The minimum atomic E-state index is -0.986. The number of likely N-dealkylation sites (N-methyl/N-ethyl adjacent to an activating group) is 2. The van der Waals surface area contributed by atoms with E-state index < -0.39 is 18.2 Å². The third kappa shape index (κ3) is 4.18. The Kier molecular flexibility index (Phi) is 5.75. The number of aliphatic carboxylic acids is 1. The molecule has 3 unspecified atom stereocenters. The molecule has 0 spiro atoms. The summed E-state index contributed by atoms with van der Waals surface area (Å²) in [6, 6.07) is 0.0833. The van der Waals surface area contributed by atoms with Gasteiger partial charge < -0.3 is 19.6 Å². The first-order chi connectivity index (χ1) is 8.86. The number of carbonyl (C=O) groups is 2. The molecule has 1 fully saturated rings. The van der Waals surface area contributed by atoms with Gasteiger partial charge in [0.2, 0.25) is 0 Å². The van der Waals surface area contributed by atoms with Crippen LogP contribution in [0.3, 0.4) is 0 Å². The molecule has 1 saturated heterocycles. The first kappa shape index (κ1) is 15.9. The first-order valence-corrected chi connectivity index (χ1v) is 6.70. The van der Waals surface area contributed by atoms with E-state index in [1.54, 1.807) is 4.90 Å². The molecule has 0 radical (unpaired) electrons. The lowest BCUT2D eigenvalue weighted by atomic mass is 10.1. The zero-order chi connectivity index (χ0) is 14.6. The molecule has 0 saturated carbocycles. The average molecular weight is 272 g/mol. The molecule has 0 bridgehead atoms. The van der Waals surface area contributed by atoms with Crippen molar-refractivity contribution in [3.8, 4) is 0 Å². The first-order valence-electron chi connectivity index (χ1n) is 6.70. The Hall–Kier alpha value is -1.14. The molecule has 1 aliphatic rings. The predicted octanol–water partition coefficient (Wildman–Crippen LogP) is 0.417. The maximum Gasteiger partial charge on any atom is 0.332 e. The third-order valence-electron chi connectivity index (χ3n) is 3.36. The SMILES string of the molecule is CCN(C(=O)C1CCC(C(=O)O)O1)C(C)CN(C)C. The maximum atomic E-state index is 12.4. The van der Waals surface area contributed by atoms with Crippen LogP contribution in [0, 0.1) is 0 Å². The summed E-state index contributed by atoms with van der Waals surface area (Å²) in [6.45, 7) is 5.29. The summed E-state index contributed by atoms with van der Waals surface area (Å²) in [5.41, 5.74) is 0. The number of hydrogen-bond acceptors (Lipinski definition) is 4. The summed E-state index contributed by atoms with van der Waals surface area (Å²) in [6.07, 6.45) is -0.547. The lowest BCUT2D eigenvalue weighted by Gasteiger charge is -2.31. The van der Waals surface area contributed by atoms with Gasteiger partial charge in [-0.05, 0) is 40.8 Å². The van der Waals surface area contributed by atoms with Gasteiger partial charge in [-0.1, -0.05) is 0 Å². The number of rotatable bonds is 6. The van der Waals surface area contributed by atoms with E-state index in [4.69, 9.17) is 9.84 Å². The van der Waals surface area contributed by atoms with Gasteiger partial charge in [-0.25, -0.2) is 4.79 Å². The summed E-state index contributed by atoms with van der Waals surface area (Å²) in [5, 5.41) is 8.88. The Morgan fingerprint density at radius 1 is 1.32 bits per heavy atom. The molecule has 1 N–H and O–H groups in total. The second-order valence-corrected chi connectivity index (χ2v) is 5.26. The van der Waals surface area contributed by atoms with Crippen LogP contribution in [0.1, 0.15) is 26.7 Å². The van der Waals surface area contributed by atoms with Crippen molar-refractivity contribution in [2.24, 2.45) is 0 Å². The molecule has 110 valence electrons. The van der Waals surface area contributed by atoms with Crippen molar-refractivity contribution in [2.45, 2.75) is 44.9 Å². The summed E-state index contributed by atoms with van der Waals surface area (Å²) in [7, 11) is 3.92. The fourth-order valence-corrected chi connectivity index (χ4v) is 2.50. The van der Waals surface area contributed by atoms with E-state index in [0.29, 0.717) is 19.4 Å². The van der Waals surface area contributed by atoms with Crippen LogP contribution in [0.2, 0.25) is 0 Å². The molecular formula is C13H24N2O4. The third-order valence-corrected chi connectivity index (χ3v) is 3.36. The van der Waals surface area contributed by atoms with E-state index in [0.717, 1.165) is 6.54 Å². The zero-order valence-corrected chi connectivity index (χ0v) is 12.1. The number of amides is 1. The van der Waals surface area contributed by atoms with Crippen LogP contribution in [0.15, 0.2) is 0 Å². The van der Waals surface area contributed by atoms with Crippen molar-refractivity contribution in [2.75, 3.05) is 27.2 Å². The normalized spacial score (nSPS) is 24.5. The van der Waals surface area contributed by atoms with E-state index in [-0.39, 0.29) is 11.9 Å². The lowest BCUT2D eigenvalue weighted by molar-refractivity contribution is -0.155. The molecular weight excluding hydrogens is 248 g/mol. The number of nitrogens with zero attached hydrogens (tertiary/aromatic N) is 2. The second kappa shape index (κ2) is 6.86. The highest BCUT2D eigenvalue weighted by atomic mass is 16.5. The van der Waals surface area contributed by atoms with Crippen molar-refractivity contribution in [3.63, 3.8) is 0 Å². The monoisotopic (exact) mass is 272 g/mol. The summed E-state index contributed by atoms with van der Waals surface area (Å²) in [5.74, 6) is -1.08. The Labute approximate surface area is 114 Å². The van der Waals surface area contributed by atoms with Crippen LogP contribution in [-0.4, -0.2) is 72.2 Å². The van der Waals surface area contributed by atoms with E-state index in [2.05, 4.69) is 0 Å². The second-order valence-electron chi connectivity index (χ2n) is 5.26. The van der Waals surface area contributed by atoms with Crippen molar-refractivity contribution in [3.05, 3.63) is 0 Å². The number of carboxylic acid groups (broad SMARTS) is 1. The largest absolute Gasteiger partial charge is 0.479 e. The maximum absolute atomic E-state index is 12.4. The minimum absolute atomic E-state index is 0.0833. The Morgan fingerprint density at radius 3 is 2.32 bits per heavy atom. The van der Waals surface area contributed by atoms with Gasteiger partial charge in [0, 0.05) is 19.1 Å². The summed E-state index contributed by atoms with van der Waals surface area (Å²) < 4.78 is 5.32. The zero-order valence-electron chi connectivity index (χ0n) is 12.1. The van der Waals surface area contributed by atoms with E-state index in [9.17, 15) is 9.59 Å². The highest BCUT2D eigenvalue weighted by molar-refractivity contribution is 5.83. The van der Waals surface area contributed by atoms with E-state index >= 15 is 0 Å². The molecule has 0 aliphatic carbocycles. The van der Waals surface area contributed by atoms with Crippen molar-refractivity contribution in [1.29, 1.82) is 0 Å². The highest BCUT2D eigenvalue weighted by Gasteiger charge is 2.37. The van der Waals surface area contributed by atoms with Crippen LogP contribution in [0.4, 0.5) is 0 Å².